The Labute approximate surface area is 130 Å². The summed E-state index contributed by atoms with van der Waals surface area (Å²) in [7, 11) is 4.32. The molecule has 4 nitrogen and oxygen atoms in total. The topological polar surface area (TPSA) is 44.4 Å². The number of piperidine rings is 1. The Morgan fingerprint density at radius 1 is 1.14 bits per heavy atom. The van der Waals surface area contributed by atoms with E-state index in [0.29, 0.717) is 0 Å². The smallest absolute Gasteiger partial charge is 0.227 e. The molecule has 2 fully saturated rings. The maximum absolute atomic E-state index is 12.8. The Morgan fingerprint density at radius 3 is 2.38 bits per heavy atom. The Bertz CT molecular complexity index is 342. The van der Waals surface area contributed by atoms with Crippen LogP contribution in [0, 0.1) is 5.41 Å². The van der Waals surface area contributed by atoms with E-state index in [9.17, 15) is 4.79 Å². The first kappa shape index (κ1) is 16.8. The van der Waals surface area contributed by atoms with Gasteiger partial charge in [0.05, 0.1) is 5.41 Å². The van der Waals surface area contributed by atoms with Crippen molar-refractivity contribution in [3.05, 3.63) is 0 Å². The van der Waals surface area contributed by atoms with E-state index < -0.39 is 0 Å². The summed E-state index contributed by atoms with van der Waals surface area (Å²) in [5.74, 6) is 0.268. The number of hydrogen-bond donors (Lipinski definition) is 2. The second-order valence-corrected chi connectivity index (χ2v) is 7.28. The lowest BCUT2D eigenvalue weighted by Crippen LogP contribution is -2.57. The van der Waals surface area contributed by atoms with Crippen molar-refractivity contribution in [2.45, 2.75) is 63.8 Å². The van der Waals surface area contributed by atoms with Crippen molar-refractivity contribution in [2.24, 2.45) is 5.41 Å². The first-order valence-electron chi connectivity index (χ1n) is 8.71. The van der Waals surface area contributed by atoms with Crippen LogP contribution in [0.4, 0.5) is 0 Å². The third-order valence-corrected chi connectivity index (χ3v) is 5.94. The molecule has 2 N–H and O–H groups in total. The molecule has 122 valence electrons. The predicted octanol–water partition coefficient (Wildman–Crippen LogP) is 2.15. The second-order valence-electron chi connectivity index (χ2n) is 7.28. The monoisotopic (exact) mass is 295 g/mol. The Balaban J connectivity index is 1.97. The summed E-state index contributed by atoms with van der Waals surface area (Å²) >= 11 is 0. The fourth-order valence-corrected chi connectivity index (χ4v) is 4.05. The van der Waals surface area contributed by atoms with Crippen LogP contribution in [0.2, 0.25) is 0 Å². The summed E-state index contributed by atoms with van der Waals surface area (Å²) in [5, 5.41) is 6.72. The largest absolute Gasteiger partial charge is 0.354 e. The van der Waals surface area contributed by atoms with Crippen LogP contribution in [0.1, 0.15) is 58.3 Å². The molecular weight excluding hydrogens is 262 g/mol. The van der Waals surface area contributed by atoms with Crippen molar-refractivity contribution in [3.8, 4) is 0 Å². The number of nitrogens with one attached hydrogen (secondary N) is 2. The molecule has 4 heteroatoms. The normalized spacial score (nSPS) is 29.3. The van der Waals surface area contributed by atoms with Crippen LogP contribution >= 0.6 is 0 Å². The van der Waals surface area contributed by atoms with Gasteiger partial charge in [-0.3, -0.25) is 4.79 Å². The molecule has 1 saturated carbocycles. The fraction of sp³-hybridized carbons (Fsp3) is 0.941. The molecule has 0 spiro atoms. The Kier molecular flexibility index (Phi) is 5.67. The quantitative estimate of drug-likeness (QED) is 0.817. The van der Waals surface area contributed by atoms with Gasteiger partial charge < -0.3 is 15.5 Å². The molecule has 0 radical (unpaired) electrons. The molecule has 21 heavy (non-hydrogen) atoms. The zero-order chi connectivity index (χ0) is 15.3. The molecule has 1 unspecified atom stereocenters. The molecule has 0 bridgehead atoms. The van der Waals surface area contributed by atoms with Gasteiger partial charge in [0.15, 0.2) is 0 Å². The highest BCUT2D eigenvalue weighted by Gasteiger charge is 2.40. The molecule has 1 saturated heterocycles. The molecule has 0 aromatic carbocycles. The number of nitrogens with zero attached hydrogens (tertiary/aromatic N) is 1. The molecule has 2 rings (SSSR count). The highest BCUT2D eigenvalue weighted by Crippen LogP contribution is 2.33. The number of likely N-dealkylation sites (N-methyl/N-ethyl adjacent to an activating group) is 1. The summed E-state index contributed by atoms with van der Waals surface area (Å²) in [6.45, 7) is 4.84. The number of rotatable bonds is 5. The minimum atomic E-state index is -0.180. The third-order valence-electron chi connectivity index (χ3n) is 5.94. The van der Waals surface area contributed by atoms with Gasteiger partial charge in [-0.2, -0.15) is 0 Å². The molecule has 1 aliphatic carbocycles. The van der Waals surface area contributed by atoms with Gasteiger partial charge in [0.25, 0.3) is 0 Å². The lowest BCUT2D eigenvalue weighted by atomic mass is 9.76. The van der Waals surface area contributed by atoms with Gasteiger partial charge in [0, 0.05) is 18.6 Å². The van der Waals surface area contributed by atoms with Crippen LogP contribution in [-0.2, 0) is 4.79 Å². The van der Waals surface area contributed by atoms with Crippen LogP contribution in [0.5, 0.6) is 0 Å². The van der Waals surface area contributed by atoms with Crippen molar-refractivity contribution in [1.82, 2.24) is 15.5 Å². The van der Waals surface area contributed by atoms with Gasteiger partial charge in [0.2, 0.25) is 5.91 Å². The molecular formula is C17H33N3O. The van der Waals surface area contributed by atoms with Crippen LogP contribution in [0.3, 0.4) is 0 Å². The van der Waals surface area contributed by atoms with Crippen molar-refractivity contribution >= 4 is 5.91 Å². The summed E-state index contributed by atoms with van der Waals surface area (Å²) in [5.41, 5.74) is -0.00857. The maximum atomic E-state index is 12.8. The van der Waals surface area contributed by atoms with E-state index in [1.54, 1.807) is 0 Å². The van der Waals surface area contributed by atoms with Crippen molar-refractivity contribution in [3.63, 3.8) is 0 Å². The Morgan fingerprint density at radius 2 is 1.86 bits per heavy atom. The zero-order valence-electron chi connectivity index (χ0n) is 14.1. The summed E-state index contributed by atoms with van der Waals surface area (Å²) in [6, 6.07) is 0. The van der Waals surface area contributed by atoms with Gasteiger partial charge >= 0.3 is 0 Å². The third kappa shape index (κ3) is 3.59. The first-order valence-corrected chi connectivity index (χ1v) is 8.71. The van der Waals surface area contributed by atoms with Crippen molar-refractivity contribution in [1.29, 1.82) is 0 Å². The van der Waals surface area contributed by atoms with E-state index >= 15 is 0 Å². The fourth-order valence-electron chi connectivity index (χ4n) is 4.05. The summed E-state index contributed by atoms with van der Waals surface area (Å²) < 4.78 is 0. The van der Waals surface area contributed by atoms with Crippen LogP contribution in [0.15, 0.2) is 0 Å². The van der Waals surface area contributed by atoms with Crippen molar-refractivity contribution in [2.75, 3.05) is 33.7 Å². The van der Waals surface area contributed by atoms with Crippen LogP contribution < -0.4 is 10.6 Å². The number of carbonyl (C=O) groups excluding carboxylic acids is 1. The molecule has 2 aliphatic rings. The van der Waals surface area contributed by atoms with E-state index in [1.807, 2.05) is 0 Å². The average Bonchev–Trinajstić information content (AvgIpc) is 2.54. The minimum Gasteiger partial charge on any atom is -0.354 e. The number of carbonyl (C=O) groups is 1. The Hall–Kier alpha value is -0.610. The second kappa shape index (κ2) is 7.10. The van der Waals surface area contributed by atoms with E-state index in [2.05, 4.69) is 36.6 Å². The van der Waals surface area contributed by atoms with Gasteiger partial charge in [-0.15, -0.1) is 0 Å². The highest BCUT2D eigenvalue weighted by atomic mass is 16.2. The van der Waals surface area contributed by atoms with E-state index in [1.165, 1.54) is 32.1 Å². The molecule has 1 atom stereocenters. The average molecular weight is 295 g/mol. The summed E-state index contributed by atoms with van der Waals surface area (Å²) in [6.07, 6.45) is 9.39. The minimum absolute atomic E-state index is 0.172. The lowest BCUT2D eigenvalue weighted by molar-refractivity contribution is -0.133. The van der Waals surface area contributed by atoms with Gasteiger partial charge in [-0.1, -0.05) is 26.2 Å². The van der Waals surface area contributed by atoms with E-state index in [0.717, 1.165) is 38.9 Å². The molecule has 1 aliphatic heterocycles. The van der Waals surface area contributed by atoms with Gasteiger partial charge in [-0.25, -0.2) is 0 Å². The van der Waals surface area contributed by atoms with E-state index in [-0.39, 0.29) is 16.9 Å². The zero-order valence-corrected chi connectivity index (χ0v) is 14.1. The lowest BCUT2D eigenvalue weighted by Gasteiger charge is -2.44. The van der Waals surface area contributed by atoms with E-state index in [4.69, 9.17) is 0 Å². The predicted molar refractivity (Wildman–Crippen MR) is 87.3 cm³/mol. The van der Waals surface area contributed by atoms with Gasteiger partial charge in [0.1, 0.15) is 0 Å². The molecule has 1 heterocycles. The molecule has 1 amide bonds. The van der Waals surface area contributed by atoms with Crippen molar-refractivity contribution < 1.29 is 4.79 Å². The number of hydrogen-bond acceptors (Lipinski definition) is 3. The summed E-state index contributed by atoms with van der Waals surface area (Å²) in [4.78, 5) is 15.1. The molecule has 0 aromatic rings. The molecule has 0 aromatic heterocycles. The van der Waals surface area contributed by atoms with Crippen LogP contribution in [-0.4, -0.2) is 50.1 Å². The van der Waals surface area contributed by atoms with Crippen LogP contribution in [0.25, 0.3) is 0 Å². The standard InChI is InChI=1S/C17H33N3O/c1-4-16(9-8-12-18-13-16)15(21)19-14-17(20(2)3)10-6-5-7-11-17/h18H,4-14H2,1-3H3,(H,19,21). The first-order chi connectivity index (χ1) is 10.0. The van der Waals surface area contributed by atoms with Gasteiger partial charge in [-0.05, 0) is 52.7 Å². The highest BCUT2D eigenvalue weighted by molar-refractivity contribution is 5.83. The maximum Gasteiger partial charge on any atom is 0.227 e. The SMILES string of the molecule is CCC1(C(=O)NCC2(N(C)C)CCCCC2)CCCNC1. The number of amides is 1.